The van der Waals surface area contributed by atoms with Gasteiger partial charge in [0.25, 0.3) is 0 Å². The molecule has 128 valence electrons. The third kappa shape index (κ3) is 3.88. The summed E-state index contributed by atoms with van der Waals surface area (Å²) in [5.41, 5.74) is 6.75. The van der Waals surface area contributed by atoms with Gasteiger partial charge in [-0.1, -0.05) is 0 Å². The van der Waals surface area contributed by atoms with E-state index in [2.05, 4.69) is 20.0 Å². The fourth-order valence-corrected chi connectivity index (χ4v) is 2.96. The van der Waals surface area contributed by atoms with Crippen molar-refractivity contribution in [3.63, 3.8) is 0 Å². The van der Waals surface area contributed by atoms with Crippen LogP contribution in [0, 0.1) is 6.92 Å². The van der Waals surface area contributed by atoms with E-state index in [9.17, 15) is 4.79 Å². The molecule has 1 fully saturated rings. The lowest BCUT2D eigenvalue weighted by atomic mass is 10.2. The molecule has 24 heavy (non-hydrogen) atoms. The highest BCUT2D eigenvalue weighted by atomic mass is 16.2. The molecule has 2 aromatic rings. The fraction of sp³-hybridized carbons (Fsp3) is 0.500. The van der Waals surface area contributed by atoms with Crippen molar-refractivity contribution in [1.29, 1.82) is 0 Å². The lowest BCUT2D eigenvalue weighted by Crippen LogP contribution is -2.37. The van der Waals surface area contributed by atoms with Crippen molar-refractivity contribution in [2.45, 2.75) is 32.5 Å². The van der Waals surface area contributed by atoms with Gasteiger partial charge in [-0.2, -0.15) is 5.10 Å². The Morgan fingerprint density at radius 1 is 1.50 bits per heavy atom. The first-order valence-corrected chi connectivity index (χ1v) is 8.06. The summed E-state index contributed by atoms with van der Waals surface area (Å²) in [7, 11) is 2.03. The molecule has 1 aliphatic heterocycles. The van der Waals surface area contributed by atoms with Crippen LogP contribution in [-0.2, 0) is 17.9 Å². The molecule has 0 saturated carbocycles. The Morgan fingerprint density at radius 2 is 2.33 bits per heavy atom. The zero-order chi connectivity index (χ0) is 17.1. The van der Waals surface area contributed by atoms with Crippen LogP contribution in [0.25, 0.3) is 0 Å². The van der Waals surface area contributed by atoms with Crippen molar-refractivity contribution in [2.75, 3.05) is 25.9 Å². The van der Waals surface area contributed by atoms with E-state index < -0.39 is 0 Å². The molecule has 0 bridgehead atoms. The number of nitrogen functional groups attached to an aromatic ring is 1. The van der Waals surface area contributed by atoms with Crippen molar-refractivity contribution in [3.05, 3.63) is 36.0 Å². The van der Waals surface area contributed by atoms with Gasteiger partial charge in [-0.05, 0) is 32.0 Å². The normalized spacial score (nSPS) is 17.6. The van der Waals surface area contributed by atoms with Gasteiger partial charge in [-0.3, -0.25) is 14.4 Å². The molecule has 1 amide bonds. The van der Waals surface area contributed by atoms with E-state index >= 15 is 0 Å². The molecular formula is C16H23N7O. The maximum atomic E-state index is 12.4. The Kier molecular flexibility index (Phi) is 4.75. The number of carbonyl (C=O) groups excluding carboxylic acids is 1. The number of hydrogen-bond donors (Lipinski definition) is 1. The topological polar surface area (TPSA) is 93.2 Å². The van der Waals surface area contributed by atoms with Crippen molar-refractivity contribution >= 4 is 11.7 Å². The summed E-state index contributed by atoms with van der Waals surface area (Å²) >= 11 is 0. The summed E-state index contributed by atoms with van der Waals surface area (Å²) in [5, 5.41) is 4.18. The van der Waals surface area contributed by atoms with Crippen molar-refractivity contribution < 1.29 is 4.79 Å². The molecule has 1 aliphatic rings. The summed E-state index contributed by atoms with van der Waals surface area (Å²) in [6, 6.07) is 1.98. The first-order chi connectivity index (χ1) is 11.5. The quantitative estimate of drug-likeness (QED) is 0.848. The Bertz CT molecular complexity index is 714. The minimum atomic E-state index is 0.106. The summed E-state index contributed by atoms with van der Waals surface area (Å²) in [6.45, 7) is 4.37. The van der Waals surface area contributed by atoms with Crippen LogP contribution in [0.15, 0.2) is 24.7 Å². The van der Waals surface area contributed by atoms with Gasteiger partial charge in [0.05, 0.1) is 12.7 Å². The summed E-state index contributed by atoms with van der Waals surface area (Å²) in [5.74, 6) is 1.29. The van der Waals surface area contributed by atoms with Gasteiger partial charge in [0.1, 0.15) is 18.2 Å². The van der Waals surface area contributed by atoms with E-state index in [1.54, 1.807) is 23.1 Å². The average molecular weight is 329 g/mol. The van der Waals surface area contributed by atoms with Gasteiger partial charge in [0.2, 0.25) is 5.91 Å². The molecule has 2 N–H and O–H groups in total. The third-order valence-corrected chi connectivity index (χ3v) is 4.32. The van der Waals surface area contributed by atoms with Crippen molar-refractivity contribution in [3.8, 4) is 0 Å². The van der Waals surface area contributed by atoms with E-state index in [1.165, 1.54) is 0 Å². The number of aryl methyl sites for hydroxylation is 1. The van der Waals surface area contributed by atoms with E-state index in [0.29, 0.717) is 30.8 Å². The lowest BCUT2D eigenvalue weighted by molar-refractivity contribution is -0.131. The minimum absolute atomic E-state index is 0.106. The summed E-state index contributed by atoms with van der Waals surface area (Å²) in [4.78, 5) is 25.0. The van der Waals surface area contributed by atoms with Crippen LogP contribution in [-0.4, -0.2) is 61.6 Å². The van der Waals surface area contributed by atoms with E-state index in [4.69, 9.17) is 5.73 Å². The van der Waals surface area contributed by atoms with Gasteiger partial charge < -0.3 is 10.6 Å². The molecule has 2 aromatic heterocycles. The number of rotatable bonds is 5. The smallest absolute Gasteiger partial charge is 0.244 e. The second kappa shape index (κ2) is 6.96. The molecule has 8 heteroatoms. The number of carbonyl (C=O) groups is 1. The molecule has 1 atom stereocenters. The molecule has 0 spiro atoms. The first kappa shape index (κ1) is 16.4. The maximum Gasteiger partial charge on any atom is 0.244 e. The van der Waals surface area contributed by atoms with Crippen LogP contribution >= 0.6 is 0 Å². The third-order valence-electron chi connectivity index (χ3n) is 4.32. The maximum absolute atomic E-state index is 12.4. The van der Waals surface area contributed by atoms with E-state index in [1.807, 2.05) is 25.1 Å². The predicted molar refractivity (Wildman–Crippen MR) is 89.9 cm³/mol. The molecule has 0 aliphatic carbocycles. The zero-order valence-corrected chi connectivity index (χ0v) is 14.1. The molecule has 1 saturated heterocycles. The Hall–Kier alpha value is -2.48. The van der Waals surface area contributed by atoms with Crippen molar-refractivity contribution in [1.82, 2.24) is 29.5 Å². The standard InChI is InChI=1S/C16H23N7O/c1-12-7-19-23(8-12)11-16(24)22-6-4-13(9-22)21(2)10-15-18-5-3-14(17)20-15/h3,5,7-8,13H,4,6,9-11H2,1-2H3,(H2,17,18,20). The number of amides is 1. The highest BCUT2D eigenvalue weighted by molar-refractivity contribution is 5.76. The van der Waals surface area contributed by atoms with Crippen LogP contribution in [0.3, 0.4) is 0 Å². The summed E-state index contributed by atoms with van der Waals surface area (Å²) in [6.07, 6.45) is 6.26. The monoisotopic (exact) mass is 329 g/mol. The van der Waals surface area contributed by atoms with Crippen LogP contribution in [0.1, 0.15) is 17.8 Å². The van der Waals surface area contributed by atoms with Gasteiger partial charge in [0.15, 0.2) is 0 Å². The minimum Gasteiger partial charge on any atom is -0.384 e. The molecule has 3 heterocycles. The zero-order valence-electron chi connectivity index (χ0n) is 14.1. The highest BCUT2D eigenvalue weighted by Crippen LogP contribution is 2.16. The SMILES string of the molecule is Cc1cnn(CC(=O)N2CCC(N(C)Cc3nccc(N)n3)C2)c1. The van der Waals surface area contributed by atoms with Gasteiger partial charge in [-0.15, -0.1) is 0 Å². The van der Waals surface area contributed by atoms with Crippen LogP contribution < -0.4 is 5.73 Å². The molecule has 8 nitrogen and oxygen atoms in total. The van der Waals surface area contributed by atoms with Gasteiger partial charge in [-0.25, -0.2) is 9.97 Å². The largest absolute Gasteiger partial charge is 0.384 e. The van der Waals surface area contributed by atoms with Crippen LogP contribution in [0.2, 0.25) is 0 Å². The van der Waals surface area contributed by atoms with Crippen molar-refractivity contribution in [2.24, 2.45) is 0 Å². The highest BCUT2D eigenvalue weighted by Gasteiger charge is 2.29. The predicted octanol–water partition coefficient (Wildman–Crippen LogP) is 0.297. The Morgan fingerprint density at radius 3 is 3.04 bits per heavy atom. The molecule has 1 unspecified atom stereocenters. The molecule has 3 rings (SSSR count). The number of hydrogen-bond acceptors (Lipinski definition) is 6. The lowest BCUT2D eigenvalue weighted by Gasteiger charge is -2.24. The number of anilines is 1. The van der Waals surface area contributed by atoms with Crippen LogP contribution in [0.4, 0.5) is 5.82 Å². The van der Waals surface area contributed by atoms with E-state index in [0.717, 1.165) is 25.1 Å². The molecule has 0 aromatic carbocycles. The second-order valence-corrected chi connectivity index (χ2v) is 6.31. The molecule has 0 radical (unpaired) electrons. The van der Waals surface area contributed by atoms with Gasteiger partial charge in [0, 0.05) is 31.5 Å². The average Bonchev–Trinajstić information content (AvgIpc) is 3.16. The number of likely N-dealkylation sites (tertiary alicyclic amines) is 1. The second-order valence-electron chi connectivity index (χ2n) is 6.31. The number of aromatic nitrogens is 4. The van der Waals surface area contributed by atoms with E-state index in [-0.39, 0.29) is 5.91 Å². The number of nitrogens with zero attached hydrogens (tertiary/aromatic N) is 6. The number of likely N-dealkylation sites (N-methyl/N-ethyl adjacent to an activating group) is 1. The van der Waals surface area contributed by atoms with Gasteiger partial charge >= 0.3 is 0 Å². The summed E-state index contributed by atoms with van der Waals surface area (Å²) < 4.78 is 1.69. The number of nitrogens with two attached hydrogens (primary N) is 1. The Balaban J connectivity index is 1.53. The first-order valence-electron chi connectivity index (χ1n) is 8.06. The Labute approximate surface area is 141 Å². The molecular weight excluding hydrogens is 306 g/mol. The van der Waals surface area contributed by atoms with Crippen LogP contribution in [0.5, 0.6) is 0 Å². The fourth-order valence-electron chi connectivity index (χ4n) is 2.96.